The maximum Gasteiger partial charge on any atom is 0.271 e. The highest BCUT2D eigenvalue weighted by Gasteiger charge is 2.18. The molecule has 1 atom stereocenters. The summed E-state index contributed by atoms with van der Waals surface area (Å²) in [6.45, 7) is 1.88. The highest BCUT2D eigenvalue weighted by Crippen LogP contribution is 2.10. The Morgan fingerprint density at radius 1 is 1.36 bits per heavy atom. The Bertz CT molecular complexity index is 666. The number of benzene rings is 1. The number of nitrogens with zero attached hydrogens (tertiary/aromatic N) is 1. The summed E-state index contributed by atoms with van der Waals surface area (Å²) in [6, 6.07) is 7.42. The number of rotatable bonds is 6. The van der Waals surface area contributed by atoms with E-state index >= 15 is 0 Å². The third-order valence-corrected chi connectivity index (χ3v) is 3.25. The van der Waals surface area contributed by atoms with E-state index in [-0.39, 0.29) is 24.0 Å². The van der Waals surface area contributed by atoms with Crippen molar-refractivity contribution in [3.8, 4) is 0 Å². The molecule has 2 aromatic rings. The standard InChI is InChI=1S/C15H17FN4O2/c1-9-6-13(20-19-9)15(22)18-8-11(14(17)21)7-10-2-4-12(16)5-3-10/h2-6,11H,7-8H2,1H3,(H2,17,21)(H,18,22)(H,19,20)/t11-/m1/s1. The zero-order valence-electron chi connectivity index (χ0n) is 12.1. The first kappa shape index (κ1) is 15.7. The monoisotopic (exact) mass is 304 g/mol. The number of aromatic amines is 1. The molecule has 4 N–H and O–H groups in total. The van der Waals surface area contributed by atoms with Crippen LogP contribution in [-0.4, -0.2) is 28.6 Å². The van der Waals surface area contributed by atoms with Crippen molar-refractivity contribution in [1.29, 1.82) is 0 Å². The second kappa shape index (κ2) is 6.84. The van der Waals surface area contributed by atoms with Gasteiger partial charge in [-0.3, -0.25) is 14.7 Å². The molecule has 0 saturated heterocycles. The molecule has 1 aromatic carbocycles. The smallest absolute Gasteiger partial charge is 0.271 e. The molecule has 6 nitrogen and oxygen atoms in total. The van der Waals surface area contributed by atoms with Crippen LogP contribution in [0, 0.1) is 18.7 Å². The summed E-state index contributed by atoms with van der Waals surface area (Å²) in [7, 11) is 0. The predicted molar refractivity (Wildman–Crippen MR) is 78.4 cm³/mol. The Hall–Kier alpha value is -2.70. The third-order valence-electron chi connectivity index (χ3n) is 3.25. The normalized spacial score (nSPS) is 11.9. The first-order valence-corrected chi connectivity index (χ1v) is 6.79. The molecule has 1 heterocycles. The topological polar surface area (TPSA) is 101 Å². The molecule has 0 aliphatic heterocycles. The quantitative estimate of drug-likeness (QED) is 0.740. The lowest BCUT2D eigenvalue weighted by Gasteiger charge is -2.14. The number of carbonyl (C=O) groups is 2. The minimum absolute atomic E-state index is 0.0947. The van der Waals surface area contributed by atoms with Crippen LogP contribution in [0.1, 0.15) is 21.7 Å². The van der Waals surface area contributed by atoms with Gasteiger partial charge in [0.05, 0.1) is 5.92 Å². The van der Waals surface area contributed by atoms with Gasteiger partial charge in [-0.1, -0.05) is 12.1 Å². The van der Waals surface area contributed by atoms with Gasteiger partial charge in [0.1, 0.15) is 11.5 Å². The maximum absolute atomic E-state index is 12.9. The van der Waals surface area contributed by atoms with Crippen molar-refractivity contribution < 1.29 is 14.0 Å². The third kappa shape index (κ3) is 4.15. The largest absolute Gasteiger partial charge is 0.369 e. The number of primary amides is 1. The molecule has 7 heteroatoms. The molecule has 116 valence electrons. The molecule has 0 fully saturated rings. The average molecular weight is 304 g/mol. The van der Waals surface area contributed by atoms with E-state index in [2.05, 4.69) is 15.5 Å². The fraction of sp³-hybridized carbons (Fsp3) is 0.267. The van der Waals surface area contributed by atoms with E-state index in [9.17, 15) is 14.0 Å². The minimum Gasteiger partial charge on any atom is -0.369 e. The van der Waals surface area contributed by atoms with Crippen LogP contribution in [0.15, 0.2) is 30.3 Å². The summed E-state index contributed by atoms with van der Waals surface area (Å²) < 4.78 is 12.9. The Morgan fingerprint density at radius 2 is 2.05 bits per heavy atom. The molecule has 0 aliphatic carbocycles. The van der Waals surface area contributed by atoms with Gasteiger partial charge >= 0.3 is 0 Å². The molecular formula is C15H17FN4O2. The lowest BCUT2D eigenvalue weighted by molar-refractivity contribution is -0.121. The van der Waals surface area contributed by atoms with E-state index in [1.54, 1.807) is 25.1 Å². The van der Waals surface area contributed by atoms with Gasteiger partial charge in [-0.25, -0.2) is 4.39 Å². The van der Waals surface area contributed by atoms with E-state index in [0.29, 0.717) is 6.42 Å². The second-order valence-corrected chi connectivity index (χ2v) is 5.08. The molecular weight excluding hydrogens is 287 g/mol. The van der Waals surface area contributed by atoms with Crippen molar-refractivity contribution in [2.75, 3.05) is 6.54 Å². The first-order valence-electron chi connectivity index (χ1n) is 6.79. The molecule has 1 aromatic heterocycles. The van der Waals surface area contributed by atoms with Crippen LogP contribution >= 0.6 is 0 Å². The summed E-state index contributed by atoms with van der Waals surface area (Å²) >= 11 is 0. The zero-order chi connectivity index (χ0) is 16.1. The van der Waals surface area contributed by atoms with Crippen LogP contribution in [-0.2, 0) is 11.2 Å². The predicted octanol–water partition coefficient (Wildman–Crippen LogP) is 0.931. The van der Waals surface area contributed by atoms with Crippen molar-refractivity contribution in [2.45, 2.75) is 13.3 Å². The molecule has 2 amide bonds. The lowest BCUT2D eigenvalue weighted by atomic mass is 9.98. The second-order valence-electron chi connectivity index (χ2n) is 5.08. The molecule has 0 unspecified atom stereocenters. The fourth-order valence-electron chi connectivity index (χ4n) is 2.02. The number of nitrogens with two attached hydrogens (primary N) is 1. The van der Waals surface area contributed by atoms with Gasteiger partial charge in [0, 0.05) is 12.2 Å². The Kier molecular flexibility index (Phi) is 4.88. The van der Waals surface area contributed by atoms with Crippen molar-refractivity contribution in [3.63, 3.8) is 0 Å². The summed E-state index contributed by atoms with van der Waals surface area (Å²) in [6.07, 6.45) is 0.329. The number of nitrogens with one attached hydrogen (secondary N) is 2. The SMILES string of the molecule is Cc1cc(C(=O)NC[C@@H](Cc2ccc(F)cc2)C(N)=O)n[nH]1. The van der Waals surface area contributed by atoms with Crippen LogP contribution in [0.4, 0.5) is 4.39 Å². The van der Waals surface area contributed by atoms with Crippen LogP contribution in [0.25, 0.3) is 0 Å². The van der Waals surface area contributed by atoms with Crippen molar-refractivity contribution in [1.82, 2.24) is 15.5 Å². The van der Waals surface area contributed by atoms with Crippen LogP contribution in [0.3, 0.4) is 0 Å². The molecule has 0 spiro atoms. The number of aromatic nitrogens is 2. The average Bonchev–Trinajstić information content (AvgIpc) is 2.91. The van der Waals surface area contributed by atoms with E-state index < -0.39 is 11.8 Å². The van der Waals surface area contributed by atoms with Gasteiger partial charge in [-0.2, -0.15) is 5.10 Å². The number of aryl methyl sites for hydroxylation is 1. The van der Waals surface area contributed by atoms with Gasteiger partial charge in [-0.15, -0.1) is 0 Å². The summed E-state index contributed by atoms with van der Waals surface area (Å²) in [5.41, 5.74) is 7.15. The van der Waals surface area contributed by atoms with Crippen LogP contribution in [0.5, 0.6) is 0 Å². The molecule has 0 saturated carbocycles. The molecule has 0 radical (unpaired) electrons. The Labute approximate surface area is 126 Å². The van der Waals surface area contributed by atoms with E-state index in [1.165, 1.54) is 12.1 Å². The number of hydrogen-bond donors (Lipinski definition) is 3. The van der Waals surface area contributed by atoms with Crippen molar-refractivity contribution in [3.05, 3.63) is 53.1 Å². The van der Waals surface area contributed by atoms with Crippen LogP contribution in [0.2, 0.25) is 0 Å². The lowest BCUT2D eigenvalue weighted by Crippen LogP contribution is -2.37. The molecule has 0 bridgehead atoms. The Balaban J connectivity index is 1.95. The maximum atomic E-state index is 12.9. The van der Waals surface area contributed by atoms with Gasteiger partial charge in [0.25, 0.3) is 5.91 Å². The number of H-pyrrole nitrogens is 1. The molecule has 0 aliphatic rings. The van der Waals surface area contributed by atoms with Crippen molar-refractivity contribution in [2.24, 2.45) is 11.7 Å². The van der Waals surface area contributed by atoms with Crippen molar-refractivity contribution >= 4 is 11.8 Å². The summed E-state index contributed by atoms with van der Waals surface area (Å²) in [5.74, 6) is -1.83. The van der Waals surface area contributed by atoms with Gasteiger partial charge in [0.15, 0.2) is 0 Å². The van der Waals surface area contributed by atoms with Gasteiger partial charge < -0.3 is 11.1 Å². The number of carbonyl (C=O) groups excluding carboxylic acids is 2. The minimum atomic E-state index is -0.575. The Morgan fingerprint density at radius 3 is 2.59 bits per heavy atom. The van der Waals surface area contributed by atoms with Gasteiger partial charge in [0.2, 0.25) is 5.91 Å². The van der Waals surface area contributed by atoms with E-state index in [1.807, 2.05) is 0 Å². The number of amides is 2. The van der Waals surface area contributed by atoms with E-state index in [4.69, 9.17) is 5.73 Å². The highest BCUT2D eigenvalue weighted by molar-refractivity contribution is 5.92. The first-order chi connectivity index (χ1) is 10.5. The van der Waals surface area contributed by atoms with Crippen LogP contribution < -0.4 is 11.1 Å². The number of halogens is 1. The molecule has 2 rings (SSSR count). The fourth-order valence-corrected chi connectivity index (χ4v) is 2.02. The summed E-state index contributed by atoms with van der Waals surface area (Å²) in [5, 5.41) is 9.13. The van der Waals surface area contributed by atoms with E-state index in [0.717, 1.165) is 11.3 Å². The molecule has 22 heavy (non-hydrogen) atoms. The van der Waals surface area contributed by atoms with Gasteiger partial charge in [-0.05, 0) is 37.1 Å². The zero-order valence-corrected chi connectivity index (χ0v) is 12.1. The summed E-state index contributed by atoms with van der Waals surface area (Å²) in [4.78, 5) is 23.4. The highest BCUT2D eigenvalue weighted by atomic mass is 19.1. The number of hydrogen-bond acceptors (Lipinski definition) is 3.